The first-order chi connectivity index (χ1) is 10.2. The standard InChI is InChI=1S/C16H15N3O2/c1-12-10-18-15(11-17-12)16(21)19-14-7-5-13(6-8-14)4-2-3-9-20/h5-8,10-11,20H,3,9H2,1H3,(H,19,21). The second kappa shape index (κ2) is 7.17. The average molecular weight is 281 g/mol. The van der Waals surface area contributed by atoms with Crippen LogP contribution in [0.3, 0.4) is 0 Å². The van der Waals surface area contributed by atoms with Gasteiger partial charge in [-0.25, -0.2) is 4.98 Å². The molecule has 2 N–H and O–H groups in total. The number of nitrogens with zero attached hydrogens (tertiary/aromatic N) is 2. The monoisotopic (exact) mass is 281 g/mol. The maximum absolute atomic E-state index is 12.0. The molecule has 0 aliphatic heterocycles. The third-order valence-corrected chi connectivity index (χ3v) is 2.63. The quantitative estimate of drug-likeness (QED) is 0.841. The smallest absolute Gasteiger partial charge is 0.275 e. The van der Waals surface area contributed by atoms with Crippen LogP contribution in [0.15, 0.2) is 36.7 Å². The molecule has 0 bridgehead atoms. The van der Waals surface area contributed by atoms with Crippen LogP contribution in [-0.2, 0) is 0 Å². The minimum absolute atomic E-state index is 0.0543. The van der Waals surface area contributed by atoms with E-state index in [1.54, 1.807) is 30.5 Å². The Bertz CT molecular complexity index is 667. The van der Waals surface area contributed by atoms with Gasteiger partial charge in [0.15, 0.2) is 0 Å². The first-order valence-electron chi connectivity index (χ1n) is 6.49. The number of aliphatic hydroxyl groups is 1. The molecule has 21 heavy (non-hydrogen) atoms. The number of amides is 1. The molecule has 0 atom stereocenters. The van der Waals surface area contributed by atoms with Gasteiger partial charge in [-0.2, -0.15) is 0 Å². The zero-order valence-corrected chi connectivity index (χ0v) is 11.6. The molecule has 0 spiro atoms. The lowest BCUT2D eigenvalue weighted by Crippen LogP contribution is -2.14. The number of aromatic nitrogens is 2. The molecule has 1 aromatic carbocycles. The molecular formula is C16H15N3O2. The van der Waals surface area contributed by atoms with Gasteiger partial charge in [-0.1, -0.05) is 11.8 Å². The number of rotatable bonds is 3. The number of carbonyl (C=O) groups is 1. The number of carbonyl (C=O) groups excluding carboxylic acids is 1. The van der Waals surface area contributed by atoms with Crippen molar-refractivity contribution in [2.45, 2.75) is 13.3 Å². The SMILES string of the molecule is Cc1cnc(C(=O)Nc2ccc(C#CCCO)cc2)cn1. The number of benzene rings is 1. The zero-order valence-electron chi connectivity index (χ0n) is 11.6. The first-order valence-corrected chi connectivity index (χ1v) is 6.49. The van der Waals surface area contributed by atoms with E-state index in [0.717, 1.165) is 11.3 Å². The summed E-state index contributed by atoms with van der Waals surface area (Å²) in [6.45, 7) is 1.87. The highest BCUT2D eigenvalue weighted by Gasteiger charge is 2.07. The summed E-state index contributed by atoms with van der Waals surface area (Å²) >= 11 is 0. The highest BCUT2D eigenvalue weighted by atomic mass is 16.2. The van der Waals surface area contributed by atoms with Crippen LogP contribution in [0.4, 0.5) is 5.69 Å². The summed E-state index contributed by atoms with van der Waals surface area (Å²) in [6, 6.07) is 7.15. The third-order valence-electron chi connectivity index (χ3n) is 2.63. The summed E-state index contributed by atoms with van der Waals surface area (Å²) in [5.41, 5.74) is 2.52. The number of nitrogens with one attached hydrogen (secondary N) is 1. The highest BCUT2D eigenvalue weighted by Crippen LogP contribution is 2.10. The first kappa shape index (κ1) is 14.7. The molecule has 0 saturated heterocycles. The van der Waals surface area contributed by atoms with E-state index < -0.39 is 0 Å². The summed E-state index contributed by atoms with van der Waals surface area (Å²) in [7, 11) is 0. The van der Waals surface area contributed by atoms with Gasteiger partial charge in [0.25, 0.3) is 5.91 Å². The molecule has 5 nitrogen and oxygen atoms in total. The maximum atomic E-state index is 12.0. The van der Waals surface area contributed by atoms with E-state index in [0.29, 0.717) is 12.1 Å². The Morgan fingerprint density at radius 1 is 1.24 bits per heavy atom. The number of hydrogen-bond donors (Lipinski definition) is 2. The molecular weight excluding hydrogens is 266 g/mol. The normalized spacial score (nSPS) is 9.62. The number of anilines is 1. The predicted octanol–water partition coefficient (Wildman–Crippen LogP) is 1.77. The van der Waals surface area contributed by atoms with E-state index in [1.165, 1.54) is 6.20 Å². The zero-order chi connectivity index (χ0) is 15.1. The van der Waals surface area contributed by atoms with E-state index >= 15 is 0 Å². The Hall–Kier alpha value is -2.71. The predicted molar refractivity (Wildman–Crippen MR) is 79.7 cm³/mol. The van der Waals surface area contributed by atoms with Crippen LogP contribution >= 0.6 is 0 Å². The molecule has 1 heterocycles. The van der Waals surface area contributed by atoms with Gasteiger partial charge in [0, 0.05) is 23.9 Å². The van der Waals surface area contributed by atoms with Gasteiger partial charge in [0.2, 0.25) is 0 Å². The van der Waals surface area contributed by atoms with E-state index in [2.05, 4.69) is 27.1 Å². The third kappa shape index (κ3) is 4.41. The second-order valence-corrected chi connectivity index (χ2v) is 4.35. The van der Waals surface area contributed by atoms with Gasteiger partial charge >= 0.3 is 0 Å². The Labute approximate surface area is 123 Å². The van der Waals surface area contributed by atoms with Gasteiger partial charge in [0.1, 0.15) is 5.69 Å². The van der Waals surface area contributed by atoms with Crippen molar-refractivity contribution in [1.29, 1.82) is 0 Å². The van der Waals surface area contributed by atoms with Gasteiger partial charge < -0.3 is 10.4 Å². The highest BCUT2D eigenvalue weighted by molar-refractivity contribution is 6.02. The van der Waals surface area contributed by atoms with Crippen LogP contribution in [0.5, 0.6) is 0 Å². The lowest BCUT2D eigenvalue weighted by molar-refractivity contribution is 0.102. The second-order valence-electron chi connectivity index (χ2n) is 4.35. The van der Waals surface area contributed by atoms with Crippen molar-refractivity contribution < 1.29 is 9.90 Å². The van der Waals surface area contributed by atoms with Crippen LogP contribution in [-0.4, -0.2) is 27.6 Å². The molecule has 5 heteroatoms. The molecule has 0 fully saturated rings. The van der Waals surface area contributed by atoms with Crippen LogP contribution in [0.2, 0.25) is 0 Å². The maximum Gasteiger partial charge on any atom is 0.275 e. The van der Waals surface area contributed by atoms with Crippen molar-refractivity contribution in [2.75, 3.05) is 11.9 Å². The van der Waals surface area contributed by atoms with Crippen molar-refractivity contribution in [1.82, 2.24) is 9.97 Å². The Balaban J connectivity index is 2.02. The molecule has 0 unspecified atom stereocenters. The fourth-order valence-corrected chi connectivity index (χ4v) is 1.56. The van der Waals surface area contributed by atoms with E-state index in [1.807, 2.05) is 6.92 Å². The number of aliphatic hydroxyl groups excluding tert-OH is 1. The topological polar surface area (TPSA) is 75.1 Å². The fourth-order valence-electron chi connectivity index (χ4n) is 1.56. The van der Waals surface area contributed by atoms with Crippen molar-refractivity contribution in [3.63, 3.8) is 0 Å². The fraction of sp³-hybridized carbons (Fsp3) is 0.188. The minimum Gasteiger partial charge on any atom is -0.395 e. The van der Waals surface area contributed by atoms with Crippen molar-refractivity contribution in [3.05, 3.63) is 53.6 Å². The van der Waals surface area contributed by atoms with Gasteiger partial charge in [-0.15, -0.1) is 0 Å². The van der Waals surface area contributed by atoms with Gasteiger partial charge in [-0.05, 0) is 31.2 Å². The summed E-state index contributed by atoms with van der Waals surface area (Å²) in [5.74, 6) is 5.45. The minimum atomic E-state index is -0.304. The van der Waals surface area contributed by atoms with E-state index in [-0.39, 0.29) is 18.2 Å². The van der Waals surface area contributed by atoms with Crippen molar-refractivity contribution >= 4 is 11.6 Å². The number of hydrogen-bond acceptors (Lipinski definition) is 4. The molecule has 0 saturated carbocycles. The Kier molecular flexibility index (Phi) is 5.02. The lowest BCUT2D eigenvalue weighted by Gasteiger charge is -2.04. The molecule has 106 valence electrons. The molecule has 1 amide bonds. The average Bonchev–Trinajstić information content (AvgIpc) is 2.50. The molecule has 0 aliphatic rings. The Morgan fingerprint density at radius 2 is 2.00 bits per heavy atom. The molecule has 1 aromatic heterocycles. The van der Waals surface area contributed by atoms with Gasteiger partial charge in [0.05, 0.1) is 18.5 Å². The molecule has 0 radical (unpaired) electrons. The van der Waals surface area contributed by atoms with Crippen LogP contribution in [0.25, 0.3) is 0 Å². The summed E-state index contributed by atoms with van der Waals surface area (Å²) < 4.78 is 0. The molecule has 2 aromatic rings. The van der Waals surface area contributed by atoms with Gasteiger partial charge in [-0.3, -0.25) is 9.78 Å². The Morgan fingerprint density at radius 3 is 2.62 bits per heavy atom. The van der Waals surface area contributed by atoms with Crippen LogP contribution in [0.1, 0.15) is 28.2 Å². The van der Waals surface area contributed by atoms with Crippen molar-refractivity contribution in [3.8, 4) is 11.8 Å². The summed E-state index contributed by atoms with van der Waals surface area (Å²) in [6.07, 6.45) is 3.44. The van der Waals surface area contributed by atoms with Crippen LogP contribution < -0.4 is 5.32 Å². The lowest BCUT2D eigenvalue weighted by atomic mass is 10.2. The summed E-state index contributed by atoms with van der Waals surface area (Å²) in [4.78, 5) is 20.0. The van der Waals surface area contributed by atoms with Crippen LogP contribution in [0, 0.1) is 18.8 Å². The summed E-state index contributed by atoms with van der Waals surface area (Å²) in [5, 5.41) is 11.4. The largest absolute Gasteiger partial charge is 0.395 e. The van der Waals surface area contributed by atoms with E-state index in [9.17, 15) is 4.79 Å². The molecule has 2 rings (SSSR count). The van der Waals surface area contributed by atoms with Crippen molar-refractivity contribution in [2.24, 2.45) is 0 Å². The van der Waals surface area contributed by atoms with E-state index in [4.69, 9.17) is 5.11 Å². The number of aryl methyl sites for hydroxylation is 1. The molecule has 0 aliphatic carbocycles.